The van der Waals surface area contributed by atoms with Gasteiger partial charge in [0.1, 0.15) is 24.0 Å². The van der Waals surface area contributed by atoms with Crippen LogP contribution in [0.25, 0.3) is 0 Å². The monoisotopic (exact) mass is 371 g/mol. The van der Waals surface area contributed by atoms with Gasteiger partial charge in [-0.05, 0) is 48.5 Å². The summed E-state index contributed by atoms with van der Waals surface area (Å²) in [6.45, 7) is 7.19. The summed E-state index contributed by atoms with van der Waals surface area (Å²) in [7, 11) is 3.24. The van der Waals surface area contributed by atoms with E-state index in [-0.39, 0.29) is 5.97 Å². The summed E-state index contributed by atoms with van der Waals surface area (Å²) in [5.41, 5.74) is 1.74. The van der Waals surface area contributed by atoms with E-state index in [4.69, 9.17) is 14.2 Å². The Bertz CT molecular complexity index is 646. The quantitative estimate of drug-likeness (QED) is 0.596. The molecule has 0 fully saturated rings. The van der Waals surface area contributed by atoms with Crippen molar-refractivity contribution >= 4 is 5.97 Å². The van der Waals surface area contributed by atoms with Crippen molar-refractivity contribution in [3.05, 3.63) is 59.7 Å². The number of likely N-dealkylation sites (N-methyl/N-ethyl adjacent to an activating group) is 1. The largest absolute Gasteiger partial charge is 0.497 e. The third kappa shape index (κ3) is 5.73. The van der Waals surface area contributed by atoms with Crippen molar-refractivity contribution in [2.75, 3.05) is 40.5 Å². The molecule has 0 N–H and O–H groups in total. The molecular formula is C22H29NO4. The van der Waals surface area contributed by atoms with E-state index in [1.807, 2.05) is 48.5 Å². The fraction of sp³-hybridized carbons (Fsp3) is 0.409. The molecule has 0 radical (unpaired) electrons. The highest BCUT2D eigenvalue weighted by molar-refractivity contribution is 5.82. The fourth-order valence-corrected chi connectivity index (χ4v) is 2.96. The van der Waals surface area contributed by atoms with Crippen LogP contribution in [0.4, 0.5) is 0 Å². The molecule has 5 nitrogen and oxygen atoms in total. The third-order valence-electron chi connectivity index (χ3n) is 4.68. The van der Waals surface area contributed by atoms with E-state index in [9.17, 15) is 4.79 Å². The molecule has 0 amide bonds. The van der Waals surface area contributed by atoms with Crippen molar-refractivity contribution in [2.45, 2.75) is 19.8 Å². The number of hydrogen-bond donors (Lipinski definition) is 0. The molecule has 0 atom stereocenters. The van der Waals surface area contributed by atoms with Gasteiger partial charge < -0.3 is 19.1 Å². The van der Waals surface area contributed by atoms with Crippen molar-refractivity contribution < 1.29 is 19.0 Å². The van der Waals surface area contributed by atoms with Crippen LogP contribution in [0.2, 0.25) is 0 Å². The molecule has 5 heteroatoms. The number of benzene rings is 2. The lowest BCUT2D eigenvalue weighted by Gasteiger charge is -2.20. The van der Waals surface area contributed by atoms with Gasteiger partial charge in [-0.3, -0.25) is 4.79 Å². The summed E-state index contributed by atoms with van der Waals surface area (Å²) in [6, 6.07) is 15.0. The Balaban J connectivity index is 2.20. The Morgan fingerprint density at radius 2 is 1.30 bits per heavy atom. The van der Waals surface area contributed by atoms with Gasteiger partial charge in [-0.15, -0.1) is 0 Å². The topological polar surface area (TPSA) is 48.0 Å². The smallest absolute Gasteiger partial charge is 0.317 e. The van der Waals surface area contributed by atoms with Gasteiger partial charge in [0, 0.05) is 6.54 Å². The second kappa shape index (κ2) is 10.6. The number of hydrogen-bond acceptors (Lipinski definition) is 5. The lowest BCUT2D eigenvalue weighted by Crippen LogP contribution is -2.29. The molecule has 2 aromatic carbocycles. The van der Waals surface area contributed by atoms with Gasteiger partial charge in [0.15, 0.2) is 0 Å². The summed E-state index contributed by atoms with van der Waals surface area (Å²) in [6.07, 6.45) is 0. The Hall–Kier alpha value is -2.53. The molecule has 0 aliphatic carbocycles. The Labute approximate surface area is 161 Å². The maximum Gasteiger partial charge on any atom is 0.317 e. The predicted octanol–water partition coefficient (Wildman–Crippen LogP) is 3.72. The average molecular weight is 371 g/mol. The van der Waals surface area contributed by atoms with Crippen LogP contribution in [-0.4, -0.2) is 51.3 Å². The molecule has 0 heterocycles. The van der Waals surface area contributed by atoms with Crippen LogP contribution in [0.1, 0.15) is 30.9 Å². The van der Waals surface area contributed by atoms with E-state index in [0.717, 1.165) is 42.3 Å². The summed E-state index contributed by atoms with van der Waals surface area (Å²) in [4.78, 5) is 15.1. The molecular weight excluding hydrogens is 342 g/mol. The molecule has 27 heavy (non-hydrogen) atoms. The minimum absolute atomic E-state index is 0.252. The second-order valence-electron chi connectivity index (χ2n) is 6.17. The van der Waals surface area contributed by atoms with Gasteiger partial charge >= 0.3 is 5.97 Å². The van der Waals surface area contributed by atoms with Crippen LogP contribution in [-0.2, 0) is 9.53 Å². The van der Waals surface area contributed by atoms with E-state index in [1.165, 1.54) is 0 Å². The predicted molar refractivity (Wildman–Crippen MR) is 107 cm³/mol. The van der Waals surface area contributed by atoms with Crippen LogP contribution in [0, 0.1) is 0 Å². The highest BCUT2D eigenvalue weighted by Gasteiger charge is 2.24. The van der Waals surface area contributed by atoms with Crippen LogP contribution in [0.3, 0.4) is 0 Å². The lowest BCUT2D eigenvalue weighted by molar-refractivity contribution is -0.144. The van der Waals surface area contributed by atoms with Crippen LogP contribution in [0.5, 0.6) is 11.5 Å². The van der Waals surface area contributed by atoms with E-state index >= 15 is 0 Å². The van der Waals surface area contributed by atoms with Gasteiger partial charge in [0.05, 0.1) is 14.2 Å². The summed E-state index contributed by atoms with van der Waals surface area (Å²) >= 11 is 0. The zero-order valence-corrected chi connectivity index (χ0v) is 16.6. The van der Waals surface area contributed by atoms with E-state index in [0.29, 0.717) is 6.61 Å². The normalized spacial score (nSPS) is 10.9. The summed E-state index contributed by atoms with van der Waals surface area (Å²) < 4.78 is 16.1. The molecule has 2 aromatic rings. The fourth-order valence-electron chi connectivity index (χ4n) is 2.96. The first-order chi connectivity index (χ1) is 13.1. The second-order valence-corrected chi connectivity index (χ2v) is 6.17. The van der Waals surface area contributed by atoms with E-state index in [1.54, 1.807) is 14.2 Å². The first kappa shape index (κ1) is 20.8. The molecule has 2 rings (SSSR count). The van der Waals surface area contributed by atoms with Crippen LogP contribution < -0.4 is 9.47 Å². The molecule has 0 aromatic heterocycles. The molecule has 0 saturated carbocycles. The Morgan fingerprint density at radius 1 is 0.852 bits per heavy atom. The van der Waals surface area contributed by atoms with Gasteiger partial charge in [-0.2, -0.15) is 0 Å². The first-order valence-corrected chi connectivity index (χ1v) is 9.29. The molecule has 0 unspecified atom stereocenters. The zero-order valence-electron chi connectivity index (χ0n) is 16.6. The lowest BCUT2D eigenvalue weighted by atomic mass is 9.91. The number of ether oxygens (including phenoxy) is 3. The Morgan fingerprint density at radius 3 is 1.67 bits per heavy atom. The van der Waals surface area contributed by atoms with Gasteiger partial charge in [-0.1, -0.05) is 38.1 Å². The SMILES string of the molecule is CCN(CC)CCOC(=O)C(c1ccc(OC)cc1)c1ccc(OC)cc1. The van der Waals surface area contributed by atoms with Crippen molar-refractivity contribution in [2.24, 2.45) is 0 Å². The van der Waals surface area contributed by atoms with Gasteiger partial charge in [0.2, 0.25) is 0 Å². The minimum Gasteiger partial charge on any atom is -0.497 e. The molecule has 0 aliphatic rings. The highest BCUT2D eigenvalue weighted by atomic mass is 16.5. The maximum absolute atomic E-state index is 12.9. The van der Waals surface area contributed by atoms with E-state index < -0.39 is 5.92 Å². The number of rotatable bonds is 10. The van der Waals surface area contributed by atoms with E-state index in [2.05, 4.69) is 18.7 Å². The van der Waals surface area contributed by atoms with Crippen LogP contribution in [0.15, 0.2) is 48.5 Å². The number of carbonyl (C=O) groups excluding carboxylic acids is 1. The minimum atomic E-state index is -0.487. The van der Waals surface area contributed by atoms with Crippen molar-refractivity contribution in [3.8, 4) is 11.5 Å². The molecule has 0 saturated heterocycles. The molecule has 0 aliphatic heterocycles. The van der Waals surface area contributed by atoms with Crippen molar-refractivity contribution in [1.29, 1.82) is 0 Å². The molecule has 0 bridgehead atoms. The third-order valence-corrected chi connectivity index (χ3v) is 4.68. The molecule has 146 valence electrons. The van der Waals surface area contributed by atoms with Gasteiger partial charge in [-0.25, -0.2) is 0 Å². The number of nitrogens with zero attached hydrogens (tertiary/aromatic N) is 1. The average Bonchev–Trinajstić information content (AvgIpc) is 2.72. The van der Waals surface area contributed by atoms with Crippen molar-refractivity contribution in [1.82, 2.24) is 4.90 Å². The first-order valence-electron chi connectivity index (χ1n) is 9.29. The molecule has 0 spiro atoms. The van der Waals surface area contributed by atoms with Gasteiger partial charge in [0.25, 0.3) is 0 Å². The number of esters is 1. The Kier molecular flexibility index (Phi) is 8.14. The zero-order chi connectivity index (χ0) is 19.6. The summed E-state index contributed by atoms with van der Waals surface area (Å²) in [5, 5.41) is 0. The standard InChI is InChI=1S/C22H29NO4/c1-5-23(6-2)15-16-27-22(24)21(17-7-11-19(25-3)12-8-17)18-9-13-20(26-4)14-10-18/h7-14,21H,5-6,15-16H2,1-4H3. The highest BCUT2D eigenvalue weighted by Crippen LogP contribution is 2.29. The van der Waals surface area contributed by atoms with Crippen molar-refractivity contribution in [3.63, 3.8) is 0 Å². The summed E-state index contributed by atoms with van der Waals surface area (Å²) in [5.74, 6) is 0.764. The number of methoxy groups -OCH3 is 2. The van der Waals surface area contributed by atoms with Crippen LogP contribution >= 0.6 is 0 Å². The maximum atomic E-state index is 12.9. The number of carbonyl (C=O) groups is 1.